The number of carbonyl (C=O) groups excluding carboxylic acids is 1. The predicted octanol–water partition coefficient (Wildman–Crippen LogP) is -2.53. The molecule has 0 amide bonds. The van der Waals surface area contributed by atoms with E-state index in [9.17, 15) is 48.6 Å². The van der Waals surface area contributed by atoms with Crippen LogP contribution in [0.5, 0.6) is 0 Å². The van der Waals surface area contributed by atoms with Crippen LogP contribution in [0.25, 0.3) is 0 Å². The second kappa shape index (κ2) is 10.2. The number of aliphatic hydroxyl groups excluding tert-OH is 3. The smallest absolute Gasteiger partial charge is 0.390 e. The van der Waals surface area contributed by atoms with Crippen molar-refractivity contribution in [1.82, 2.24) is 9.55 Å². The van der Waals surface area contributed by atoms with E-state index < -0.39 is 82.3 Å². The molecule has 0 bridgehead atoms. The van der Waals surface area contributed by atoms with E-state index in [0.717, 1.165) is 16.8 Å². The molecule has 9 atom stereocenters. The summed E-state index contributed by atoms with van der Waals surface area (Å²) in [5.74, 6) is -0.922. The number of ketones is 1. The molecule has 19 heteroatoms. The highest BCUT2D eigenvalue weighted by atomic mass is 31.3. The minimum absolute atomic E-state index is 0.158. The van der Waals surface area contributed by atoms with Gasteiger partial charge in [-0.2, -0.15) is 4.31 Å². The van der Waals surface area contributed by atoms with Crippen LogP contribution in [0, 0.1) is 0 Å². The van der Waals surface area contributed by atoms with E-state index in [-0.39, 0.29) is 6.42 Å². The van der Waals surface area contributed by atoms with E-state index in [2.05, 4.69) is 13.4 Å². The molecule has 0 aromatic carbocycles. The summed E-state index contributed by atoms with van der Waals surface area (Å²) in [4.78, 5) is 56.0. The normalized spacial score (nSPS) is 35.6. The number of aliphatic hydroxyl groups is 3. The Morgan fingerprint density at radius 1 is 1.15 bits per heavy atom. The lowest BCUT2D eigenvalue weighted by molar-refractivity contribution is -0.226. The van der Waals surface area contributed by atoms with Crippen molar-refractivity contribution in [2.75, 3.05) is 6.61 Å². The Morgan fingerprint density at radius 3 is 2.47 bits per heavy atom. The second-order valence-corrected chi connectivity index (χ2v) is 10.4. The molecule has 2 fully saturated rings. The minimum atomic E-state index is -5.47. The lowest BCUT2D eigenvalue weighted by Crippen LogP contribution is -2.54. The first-order valence-corrected chi connectivity index (χ1v) is 12.6. The molecule has 6 N–H and O–H groups in total. The topological polar surface area (TPSA) is 253 Å². The molecular weight excluding hydrogens is 510 g/mol. The fourth-order valence-corrected chi connectivity index (χ4v) is 5.31. The molecule has 192 valence electrons. The van der Waals surface area contributed by atoms with E-state index in [1.807, 2.05) is 4.98 Å². The SMILES string of the molecule is C[C@H]1O[C@H](OP(=O)(O)OP(=O)(O)OC[C@H]2O[C@@H](n3ccc(=O)[nH]c3=O)C[C@@H]2O)[C@H](O)[C@@H](O)C1=O. The average Bonchev–Trinajstić information content (AvgIpc) is 3.08. The number of carbonyl (C=O) groups is 1. The number of Topliss-reactive ketones (excluding diaryl/α,β-unsaturated/α-hetero) is 1. The lowest BCUT2D eigenvalue weighted by atomic mass is 10.0. The van der Waals surface area contributed by atoms with Crippen LogP contribution in [-0.4, -0.2) is 83.9 Å². The number of aromatic amines is 1. The highest BCUT2D eigenvalue weighted by molar-refractivity contribution is 7.61. The monoisotopic (exact) mass is 532 g/mol. The molecule has 0 aliphatic carbocycles. The Balaban J connectivity index is 1.57. The van der Waals surface area contributed by atoms with Gasteiger partial charge < -0.3 is 34.6 Å². The maximum Gasteiger partial charge on any atom is 0.483 e. The van der Waals surface area contributed by atoms with Crippen molar-refractivity contribution in [3.8, 4) is 0 Å². The number of nitrogens with zero attached hydrogens (tertiary/aromatic N) is 1. The molecule has 1 aromatic rings. The van der Waals surface area contributed by atoms with Crippen LogP contribution >= 0.6 is 15.6 Å². The molecule has 0 radical (unpaired) electrons. The number of hydrogen-bond donors (Lipinski definition) is 6. The largest absolute Gasteiger partial charge is 0.483 e. The van der Waals surface area contributed by atoms with Crippen LogP contribution < -0.4 is 11.2 Å². The number of aromatic nitrogens is 2. The second-order valence-electron chi connectivity index (χ2n) is 7.35. The summed E-state index contributed by atoms with van der Waals surface area (Å²) in [6.45, 7) is 0.328. The van der Waals surface area contributed by atoms with Crippen LogP contribution in [0.15, 0.2) is 21.9 Å². The zero-order chi connectivity index (χ0) is 25.4. The van der Waals surface area contributed by atoms with Gasteiger partial charge in [0.25, 0.3) is 5.56 Å². The molecule has 17 nitrogen and oxygen atoms in total. The van der Waals surface area contributed by atoms with Crippen molar-refractivity contribution >= 4 is 21.4 Å². The van der Waals surface area contributed by atoms with Gasteiger partial charge >= 0.3 is 21.3 Å². The maximum atomic E-state index is 12.1. The van der Waals surface area contributed by atoms with Gasteiger partial charge in [-0.05, 0) is 6.92 Å². The number of phosphoric acid groups is 2. The number of rotatable bonds is 8. The summed E-state index contributed by atoms with van der Waals surface area (Å²) in [6, 6.07) is 1.04. The number of hydrogen-bond acceptors (Lipinski definition) is 13. The van der Waals surface area contributed by atoms with Gasteiger partial charge in [-0.25, -0.2) is 13.9 Å². The van der Waals surface area contributed by atoms with Gasteiger partial charge in [0, 0.05) is 18.7 Å². The molecule has 2 aliphatic heterocycles. The number of nitrogens with one attached hydrogen (secondary N) is 1. The fourth-order valence-electron chi connectivity index (χ4n) is 3.16. The molecule has 3 rings (SSSR count). The van der Waals surface area contributed by atoms with Crippen molar-refractivity contribution in [2.45, 2.75) is 56.4 Å². The van der Waals surface area contributed by atoms with Crippen LogP contribution in [-0.2, 0) is 36.8 Å². The summed E-state index contributed by atoms with van der Waals surface area (Å²) < 4.78 is 48.5. The first-order chi connectivity index (χ1) is 15.7. The third-order valence-corrected chi connectivity index (χ3v) is 7.44. The Hall–Kier alpha value is -1.59. The fraction of sp³-hybridized carbons (Fsp3) is 0.667. The Labute approximate surface area is 189 Å². The summed E-state index contributed by atoms with van der Waals surface area (Å²) in [5.41, 5.74) is -1.48. The lowest BCUT2D eigenvalue weighted by Gasteiger charge is -2.34. The standard InChI is InChI=1S/C15H22N2O15P2/c1-6-11(20)12(21)13(22)14(29-6)31-34(26,27)32-33(24,25)28-5-8-7(18)4-10(30-8)17-3-2-9(19)16-15(17)23/h2-3,6-8,10,12-14,18,21-22H,4-5H2,1H3,(H,24,25)(H,26,27)(H,16,19,23)/t6-,7+,8-,10-,12+,13-,14-/m1/s1. The predicted molar refractivity (Wildman–Crippen MR) is 105 cm³/mol. The summed E-state index contributed by atoms with van der Waals surface area (Å²) in [6.07, 6.45) is -10.2. The molecule has 0 spiro atoms. The van der Waals surface area contributed by atoms with Gasteiger partial charge in [-0.3, -0.25) is 28.2 Å². The Morgan fingerprint density at radius 2 is 1.82 bits per heavy atom. The highest BCUT2D eigenvalue weighted by Gasteiger charge is 2.47. The first-order valence-electron chi connectivity index (χ1n) is 9.59. The molecule has 0 saturated carbocycles. The van der Waals surface area contributed by atoms with Gasteiger partial charge in [0.05, 0.1) is 12.7 Å². The molecule has 1 aromatic heterocycles. The first kappa shape index (κ1) is 27.0. The third kappa shape index (κ3) is 6.34. The molecule has 2 saturated heterocycles. The zero-order valence-electron chi connectivity index (χ0n) is 17.3. The average molecular weight is 532 g/mol. The van der Waals surface area contributed by atoms with Gasteiger partial charge in [0.2, 0.25) is 0 Å². The van der Waals surface area contributed by atoms with Gasteiger partial charge in [-0.1, -0.05) is 0 Å². The zero-order valence-corrected chi connectivity index (χ0v) is 19.1. The van der Waals surface area contributed by atoms with Crippen molar-refractivity contribution in [1.29, 1.82) is 0 Å². The van der Waals surface area contributed by atoms with Crippen molar-refractivity contribution < 1.29 is 61.9 Å². The van der Waals surface area contributed by atoms with Gasteiger partial charge in [-0.15, -0.1) is 0 Å². The summed E-state index contributed by atoms with van der Waals surface area (Å²) in [5, 5.41) is 29.4. The number of phosphoric ester groups is 2. The van der Waals surface area contributed by atoms with Crippen molar-refractivity contribution in [3.05, 3.63) is 33.1 Å². The van der Waals surface area contributed by atoms with Crippen LogP contribution in [0.3, 0.4) is 0 Å². The number of ether oxygens (including phenoxy) is 2. The van der Waals surface area contributed by atoms with Crippen molar-refractivity contribution in [3.63, 3.8) is 0 Å². The summed E-state index contributed by atoms with van der Waals surface area (Å²) >= 11 is 0. The molecular formula is C15H22N2O15P2. The van der Waals surface area contributed by atoms with Gasteiger partial charge in [0.1, 0.15) is 30.6 Å². The third-order valence-electron chi connectivity index (χ3n) is 4.84. The maximum absolute atomic E-state index is 12.1. The molecule has 2 aliphatic rings. The summed E-state index contributed by atoms with van der Waals surface area (Å²) in [7, 11) is -10.8. The van der Waals surface area contributed by atoms with Crippen LogP contribution in [0.2, 0.25) is 0 Å². The highest BCUT2D eigenvalue weighted by Crippen LogP contribution is 2.61. The molecule has 2 unspecified atom stereocenters. The van der Waals surface area contributed by atoms with E-state index in [1.54, 1.807) is 0 Å². The van der Waals surface area contributed by atoms with Crippen LogP contribution in [0.4, 0.5) is 0 Å². The van der Waals surface area contributed by atoms with E-state index in [0.29, 0.717) is 0 Å². The minimum Gasteiger partial charge on any atom is -0.390 e. The Kier molecular flexibility index (Phi) is 8.09. The van der Waals surface area contributed by atoms with Crippen LogP contribution in [0.1, 0.15) is 19.6 Å². The van der Waals surface area contributed by atoms with E-state index in [1.165, 1.54) is 6.92 Å². The molecule has 3 heterocycles. The van der Waals surface area contributed by atoms with Gasteiger partial charge in [0.15, 0.2) is 12.1 Å². The van der Waals surface area contributed by atoms with Crippen molar-refractivity contribution in [2.24, 2.45) is 0 Å². The number of H-pyrrole nitrogens is 1. The van der Waals surface area contributed by atoms with E-state index in [4.69, 9.17) is 9.47 Å². The quantitative estimate of drug-likeness (QED) is 0.189. The Bertz CT molecular complexity index is 1120. The molecule has 34 heavy (non-hydrogen) atoms. The van der Waals surface area contributed by atoms with E-state index >= 15 is 0 Å².